The number of amides is 1. The van der Waals surface area contributed by atoms with Crippen molar-refractivity contribution in [2.45, 2.75) is 11.8 Å². The second kappa shape index (κ2) is 5.12. The van der Waals surface area contributed by atoms with Crippen molar-refractivity contribution in [3.63, 3.8) is 0 Å². The van der Waals surface area contributed by atoms with Crippen LogP contribution in [0, 0.1) is 6.92 Å². The van der Waals surface area contributed by atoms with E-state index in [1.54, 1.807) is 0 Å². The molecule has 0 spiro atoms. The van der Waals surface area contributed by atoms with Crippen molar-refractivity contribution in [3.05, 3.63) is 46.2 Å². The topological polar surface area (TPSA) is 89.3 Å². The molecule has 0 fully saturated rings. The zero-order valence-electron chi connectivity index (χ0n) is 10.1. The Morgan fingerprint density at radius 3 is 2.32 bits per heavy atom. The fraction of sp³-hybridized carbons (Fsp3) is 0.0833. The lowest BCUT2D eigenvalue weighted by Crippen LogP contribution is -2.13. The smallest absolute Gasteiger partial charge is 0.265 e. The maximum absolute atomic E-state index is 11.9. The third-order valence-corrected chi connectivity index (χ3v) is 4.45. The van der Waals surface area contributed by atoms with Gasteiger partial charge in [-0.15, -0.1) is 11.3 Å². The molecule has 19 heavy (non-hydrogen) atoms. The van der Waals surface area contributed by atoms with E-state index in [0.29, 0.717) is 10.6 Å². The van der Waals surface area contributed by atoms with E-state index in [1.807, 2.05) is 18.4 Å². The molecule has 0 saturated carbocycles. The number of nitrogens with one attached hydrogen (secondary N) is 1. The van der Waals surface area contributed by atoms with Crippen molar-refractivity contribution < 1.29 is 13.2 Å². The Kier molecular flexibility index (Phi) is 3.70. The largest absolute Gasteiger partial charge is 0.321 e. The van der Waals surface area contributed by atoms with Gasteiger partial charge in [-0.2, -0.15) is 0 Å². The minimum atomic E-state index is -3.71. The summed E-state index contributed by atoms with van der Waals surface area (Å²) >= 11 is 1.36. The summed E-state index contributed by atoms with van der Waals surface area (Å²) in [7, 11) is -3.71. The predicted molar refractivity (Wildman–Crippen MR) is 74.8 cm³/mol. The van der Waals surface area contributed by atoms with Crippen LogP contribution >= 0.6 is 11.3 Å². The summed E-state index contributed by atoms with van der Waals surface area (Å²) in [6.07, 6.45) is 0. The maximum Gasteiger partial charge on any atom is 0.265 e. The highest BCUT2D eigenvalue weighted by Crippen LogP contribution is 2.18. The standard InChI is InChI=1S/C12H12N2O3S2/c1-8-6-7-18-11(8)12(15)14-9-2-4-10(5-3-9)19(13,16)17/h2-7H,1H3,(H,14,15)(H2,13,16,17). The Morgan fingerprint density at radius 2 is 1.84 bits per heavy atom. The molecular formula is C12H12N2O3S2. The quantitative estimate of drug-likeness (QED) is 0.907. The van der Waals surface area contributed by atoms with Gasteiger partial charge in [0.1, 0.15) is 0 Å². The molecule has 100 valence electrons. The molecule has 7 heteroatoms. The molecule has 2 rings (SSSR count). The minimum absolute atomic E-state index is 0.0119. The molecule has 0 atom stereocenters. The van der Waals surface area contributed by atoms with Crippen LogP contribution in [0.1, 0.15) is 15.2 Å². The number of rotatable bonds is 3. The first kappa shape index (κ1) is 13.7. The van der Waals surface area contributed by atoms with E-state index in [4.69, 9.17) is 5.14 Å². The normalized spacial score (nSPS) is 11.3. The molecular weight excluding hydrogens is 284 g/mol. The van der Waals surface area contributed by atoms with E-state index in [2.05, 4.69) is 5.32 Å². The number of thiophene rings is 1. The Morgan fingerprint density at radius 1 is 1.21 bits per heavy atom. The monoisotopic (exact) mass is 296 g/mol. The van der Waals surface area contributed by atoms with Gasteiger partial charge in [-0.25, -0.2) is 13.6 Å². The van der Waals surface area contributed by atoms with Gasteiger partial charge in [-0.05, 0) is 48.2 Å². The van der Waals surface area contributed by atoms with Crippen LogP contribution in [0.15, 0.2) is 40.6 Å². The SMILES string of the molecule is Cc1ccsc1C(=O)Nc1ccc(S(N)(=O)=O)cc1. The Bertz CT molecular complexity index is 703. The van der Waals surface area contributed by atoms with Crippen LogP contribution in [0.4, 0.5) is 5.69 Å². The molecule has 0 aliphatic heterocycles. The van der Waals surface area contributed by atoms with Crippen molar-refractivity contribution in [3.8, 4) is 0 Å². The van der Waals surface area contributed by atoms with Crippen molar-refractivity contribution >= 4 is 33.0 Å². The maximum atomic E-state index is 11.9. The van der Waals surface area contributed by atoms with Gasteiger partial charge in [0.2, 0.25) is 10.0 Å². The number of primary sulfonamides is 1. The molecule has 3 N–H and O–H groups in total. The third-order valence-electron chi connectivity index (χ3n) is 2.51. The summed E-state index contributed by atoms with van der Waals surface area (Å²) in [5.41, 5.74) is 1.42. The molecule has 0 bridgehead atoms. The van der Waals surface area contributed by atoms with Crippen LogP contribution in [-0.2, 0) is 10.0 Å². The van der Waals surface area contributed by atoms with Crippen LogP contribution in [0.5, 0.6) is 0 Å². The number of hydrogen-bond donors (Lipinski definition) is 2. The zero-order chi connectivity index (χ0) is 14.0. The average molecular weight is 296 g/mol. The van der Waals surface area contributed by atoms with E-state index in [0.717, 1.165) is 5.56 Å². The molecule has 0 aliphatic carbocycles. The van der Waals surface area contributed by atoms with Gasteiger partial charge in [0.15, 0.2) is 0 Å². The summed E-state index contributed by atoms with van der Waals surface area (Å²) in [4.78, 5) is 12.6. The molecule has 1 heterocycles. The number of hydrogen-bond acceptors (Lipinski definition) is 4. The van der Waals surface area contributed by atoms with Gasteiger partial charge in [0, 0.05) is 5.69 Å². The molecule has 5 nitrogen and oxygen atoms in total. The highest BCUT2D eigenvalue weighted by Gasteiger charge is 2.11. The Labute approximate surface area is 115 Å². The van der Waals surface area contributed by atoms with Crippen LogP contribution in [0.2, 0.25) is 0 Å². The molecule has 0 saturated heterocycles. The average Bonchev–Trinajstić information content (AvgIpc) is 2.75. The van der Waals surface area contributed by atoms with E-state index in [-0.39, 0.29) is 10.8 Å². The van der Waals surface area contributed by atoms with Gasteiger partial charge in [0.25, 0.3) is 5.91 Å². The van der Waals surface area contributed by atoms with Crippen LogP contribution < -0.4 is 10.5 Å². The number of anilines is 1. The number of aryl methyl sites for hydroxylation is 1. The van der Waals surface area contributed by atoms with Crippen LogP contribution in [-0.4, -0.2) is 14.3 Å². The van der Waals surface area contributed by atoms with E-state index in [9.17, 15) is 13.2 Å². The second-order valence-electron chi connectivity index (χ2n) is 3.96. The molecule has 1 aromatic heterocycles. The number of carbonyl (C=O) groups excluding carboxylic acids is 1. The van der Waals surface area contributed by atoms with Gasteiger partial charge in [-0.3, -0.25) is 4.79 Å². The highest BCUT2D eigenvalue weighted by molar-refractivity contribution is 7.89. The third kappa shape index (κ3) is 3.19. The van der Waals surface area contributed by atoms with E-state index < -0.39 is 10.0 Å². The summed E-state index contributed by atoms with van der Waals surface area (Å²) in [6, 6.07) is 7.57. The van der Waals surface area contributed by atoms with Gasteiger partial charge >= 0.3 is 0 Å². The lowest BCUT2D eigenvalue weighted by Gasteiger charge is -2.05. The van der Waals surface area contributed by atoms with Gasteiger partial charge in [-0.1, -0.05) is 0 Å². The number of benzene rings is 1. The van der Waals surface area contributed by atoms with Crippen LogP contribution in [0.3, 0.4) is 0 Å². The van der Waals surface area contributed by atoms with E-state index >= 15 is 0 Å². The first-order chi connectivity index (χ1) is 8.88. The summed E-state index contributed by atoms with van der Waals surface area (Å²) in [5, 5.41) is 9.53. The highest BCUT2D eigenvalue weighted by atomic mass is 32.2. The molecule has 2 aromatic rings. The van der Waals surface area contributed by atoms with Crippen molar-refractivity contribution in [1.29, 1.82) is 0 Å². The molecule has 0 unspecified atom stereocenters. The summed E-state index contributed by atoms with van der Waals surface area (Å²) in [6.45, 7) is 1.86. The lowest BCUT2D eigenvalue weighted by molar-refractivity contribution is 0.103. The molecule has 1 aromatic carbocycles. The number of carbonyl (C=O) groups is 1. The van der Waals surface area contributed by atoms with Crippen LogP contribution in [0.25, 0.3) is 0 Å². The lowest BCUT2D eigenvalue weighted by atomic mass is 10.2. The van der Waals surface area contributed by atoms with Gasteiger partial charge in [0.05, 0.1) is 9.77 Å². The van der Waals surface area contributed by atoms with E-state index in [1.165, 1.54) is 35.6 Å². The van der Waals surface area contributed by atoms with Gasteiger partial charge < -0.3 is 5.32 Å². The fourth-order valence-electron chi connectivity index (χ4n) is 1.52. The molecule has 0 aliphatic rings. The Balaban J connectivity index is 2.17. The second-order valence-corrected chi connectivity index (χ2v) is 6.43. The zero-order valence-corrected chi connectivity index (χ0v) is 11.7. The summed E-state index contributed by atoms with van der Waals surface area (Å²) < 4.78 is 22.2. The fourth-order valence-corrected chi connectivity index (χ4v) is 2.86. The summed E-state index contributed by atoms with van der Waals surface area (Å²) in [5.74, 6) is -0.212. The minimum Gasteiger partial charge on any atom is -0.321 e. The first-order valence-corrected chi connectivity index (χ1v) is 7.79. The molecule has 0 radical (unpaired) electrons. The number of sulfonamides is 1. The predicted octanol–water partition coefficient (Wildman–Crippen LogP) is 1.96. The number of nitrogens with two attached hydrogens (primary N) is 1. The first-order valence-electron chi connectivity index (χ1n) is 5.36. The van der Waals surface area contributed by atoms with Crippen molar-refractivity contribution in [1.82, 2.24) is 0 Å². The van der Waals surface area contributed by atoms with Crippen molar-refractivity contribution in [2.75, 3.05) is 5.32 Å². The Hall–Kier alpha value is -1.70. The van der Waals surface area contributed by atoms with Crippen molar-refractivity contribution in [2.24, 2.45) is 5.14 Å². The molecule has 1 amide bonds.